The predicted octanol–water partition coefficient (Wildman–Crippen LogP) is 0.161. The highest BCUT2D eigenvalue weighted by Gasteiger charge is 2.23. The molecular weight excluding hydrogens is 214 g/mol. The van der Waals surface area contributed by atoms with Crippen LogP contribution in [0.4, 0.5) is 0 Å². The smallest absolute Gasteiger partial charge is 0.279 e. The molecular formula is C9H23N3O2S. The first-order valence-corrected chi connectivity index (χ1v) is 6.53. The van der Waals surface area contributed by atoms with Gasteiger partial charge in [0.15, 0.2) is 0 Å². The summed E-state index contributed by atoms with van der Waals surface area (Å²) >= 11 is 0. The topological polar surface area (TPSA) is 61.4 Å². The standard InChI is InChI=1S/C9H23N3O2S/c1-9(2,3)11-15(13,14)12(5)8-6-7-10-4/h10-11H,6-8H2,1-5H3. The van der Waals surface area contributed by atoms with Crippen molar-refractivity contribution in [1.29, 1.82) is 0 Å². The first-order chi connectivity index (χ1) is 6.69. The van der Waals surface area contributed by atoms with Gasteiger partial charge in [-0.05, 0) is 40.8 Å². The highest BCUT2D eigenvalue weighted by molar-refractivity contribution is 7.87. The van der Waals surface area contributed by atoms with Crippen molar-refractivity contribution in [2.45, 2.75) is 32.7 Å². The van der Waals surface area contributed by atoms with Gasteiger partial charge in [0.2, 0.25) is 0 Å². The van der Waals surface area contributed by atoms with E-state index < -0.39 is 15.7 Å². The third kappa shape index (κ3) is 6.83. The Balaban J connectivity index is 4.21. The molecule has 0 radical (unpaired) electrons. The Hall–Kier alpha value is -0.170. The van der Waals surface area contributed by atoms with Crippen LogP contribution in [-0.2, 0) is 10.2 Å². The lowest BCUT2D eigenvalue weighted by molar-refractivity contribution is 0.418. The van der Waals surface area contributed by atoms with E-state index in [9.17, 15) is 8.42 Å². The molecule has 0 aromatic heterocycles. The van der Waals surface area contributed by atoms with Gasteiger partial charge in [-0.1, -0.05) is 0 Å². The van der Waals surface area contributed by atoms with Crippen molar-refractivity contribution < 1.29 is 8.42 Å². The van der Waals surface area contributed by atoms with E-state index >= 15 is 0 Å². The van der Waals surface area contributed by atoms with Gasteiger partial charge in [0, 0.05) is 19.1 Å². The van der Waals surface area contributed by atoms with Gasteiger partial charge in [-0.2, -0.15) is 17.4 Å². The van der Waals surface area contributed by atoms with Gasteiger partial charge < -0.3 is 5.32 Å². The second-order valence-corrected chi connectivity index (χ2v) is 6.41. The molecule has 0 saturated carbocycles. The van der Waals surface area contributed by atoms with Crippen molar-refractivity contribution in [1.82, 2.24) is 14.3 Å². The van der Waals surface area contributed by atoms with Gasteiger partial charge in [-0.15, -0.1) is 0 Å². The van der Waals surface area contributed by atoms with Crippen LogP contribution in [0, 0.1) is 0 Å². The maximum Gasteiger partial charge on any atom is 0.279 e. The Morgan fingerprint density at radius 1 is 1.27 bits per heavy atom. The summed E-state index contributed by atoms with van der Waals surface area (Å²) in [5, 5.41) is 2.98. The van der Waals surface area contributed by atoms with Gasteiger partial charge in [0.05, 0.1) is 0 Å². The number of rotatable bonds is 6. The Kier molecular flexibility index (Phi) is 5.72. The predicted molar refractivity (Wildman–Crippen MR) is 63.0 cm³/mol. The summed E-state index contributed by atoms with van der Waals surface area (Å²) < 4.78 is 27.4. The average molecular weight is 237 g/mol. The lowest BCUT2D eigenvalue weighted by atomic mass is 10.1. The van der Waals surface area contributed by atoms with E-state index in [4.69, 9.17) is 0 Å². The fourth-order valence-electron chi connectivity index (χ4n) is 1.06. The molecule has 0 aliphatic heterocycles. The zero-order valence-electron chi connectivity index (χ0n) is 10.3. The van der Waals surface area contributed by atoms with Crippen LogP contribution in [0.25, 0.3) is 0 Å². The van der Waals surface area contributed by atoms with E-state index in [2.05, 4.69) is 10.0 Å². The van der Waals surface area contributed by atoms with Crippen LogP contribution in [0.2, 0.25) is 0 Å². The van der Waals surface area contributed by atoms with Crippen LogP contribution in [-0.4, -0.2) is 45.4 Å². The fourth-order valence-corrected chi connectivity index (χ4v) is 2.36. The van der Waals surface area contributed by atoms with Gasteiger partial charge in [-0.25, -0.2) is 0 Å². The van der Waals surface area contributed by atoms with Crippen molar-refractivity contribution in [3.63, 3.8) is 0 Å². The van der Waals surface area contributed by atoms with E-state index in [1.54, 1.807) is 7.05 Å². The molecule has 0 heterocycles. The summed E-state index contributed by atoms with van der Waals surface area (Å²) in [6.07, 6.45) is 0.804. The summed E-state index contributed by atoms with van der Waals surface area (Å²) in [4.78, 5) is 0. The number of nitrogens with one attached hydrogen (secondary N) is 2. The summed E-state index contributed by atoms with van der Waals surface area (Å²) in [6.45, 7) is 6.81. The monoisotopic (exact) mass is 237 g/mol. The lowest BCUT2D eigenvalue weighted by Gasteiger charge is -2.25. The summed E-state index contributed by atoms with van der Waals surface area (Å²) in [7, 11) is 0.0933. The van der Waals surface area contributed by atoms with Crippen LogP contribution in [0.15, 0.2) is 0 Å². The van der Waals surface area contributed by atoms with E-state index in [1.165, 1.54) is 4.31 Å². The van der Waals surface area contributed by atoms with Gasteiger partial charge in [0.1, 0.15) is 0 Å². The summed E-state index contributed by atoms with van der Waals surface area (Å²) in [6, 6.07) is 0. The quantitative estimate of drug-likeness (QED) is 0.647. The number of nitrogens with zero attached hydrogens (tertiary/aromatic N) is 1. The number of hydrogen-bond donors (Lipinski definition) is 2. The van der Waals surface area contributed by atoms with Crippen LogP contribution in [0.3, 0.4) is 0 Å². The van der Waals surface area contributed by atoms with Crippen molar-refractivity contribution in [3.05, 3.63) is 0 Å². The van der Waals surface area contributed by atoms with Gasteiger partial charge in [-0.3, -0.25) is 0 Å². The largest absolute Gasteiger partial charge is 0.320 e. The molecule has 6 heteroatoms. The second kappa shape index (κ2) is 5.79. The Morgan fingerprint density at radius 3 is 2.20 bits per heavy atom. The van der Waals surface area contributed by atoms with Crippen molar-refractivity contribution >= 4 is 10.2 Å². The molecule has 0 unspecified atom stereocenters. The van der Waals surface area contributed by atoms with Crippen LogP contribution in [0.1, 0.15) is 27.2 Å². The third-order valence-corrected chi connectivity index (χ3v) is 3.62. The van der Waals surface area contributed by atoms with E-state index in [-0.39, 0.29) is 0 Å². The maximum atomic E-state index is 11.7. The molecule has 0 fully saturated rings. The normalized spacial score (nSPS) is 13.5. The molecule has 0 aromatic rings. The van der Waals surface area contributed by atoms with Crippen LogP contribution in [0.5, 0.6) is 0 Å². The first-order valence-electron chi connectivity index (χ1n) is 5.09. The lowest BCUT2D eigenvalue weighted by Crippen LogP contribution is -2.47. The SMILES string of the molecule is CNCCCN(C)S(=O)(=O)NC(C)(C)C. The van der Waals surface area contributed by atoms with E-state index in [0.29, 0.717) is 6.54 Å². The molecule has 92 valence electrons. The average Bonchev–Trinajstić information content (AvgIpc) is 2.00. The van der Waals surface area contributed by atoms with Crippen molar-refractivity contribution in [2.24, 2.45) is 0 Å². The molecule has 15 heavy (non-hydrogen) atoms. The molecule has 2 N–H and O–H groups in total. The molecule has 0 aliphatic rings. The minimum absolute atomic E-state index is 0.434. The molecule has 0 aliphatic carbocycles. The third-order valence-electron chi connectivity index (χ3n) is 1.75. The fraction of sp³-hybridized carbons (Fsp3) is 1.00. The highest BCUT2D eigenvalue weighted by Crippen LogP contribution is 2.05. The first kappa shape index (κ1) is 14.8. The zero-order chi connectivity index (χ0) is 12.1. The Labute approximate surface area is 93.4 Å². The minimum Gasteiger partial charge on any atom is -0.320 e. The van der Waals surface area contributed by atoms with E-state index in [1.807, 2.05) is 27.8 Å². The molecule has 0 atom stereocenters. The molecule has 5 nitrogen and oxygen atoms in total. The molecule has 0 spiro atoms. The minimum atomic E-state index is -3.34. The van der Waals surface area contributed by atoms with Crippen LogP contribution < -0.4 is 10.0 Å². The van der Waals surface area contributed by atoms with Crippen molar-refractivity contribution in [2.75, 3.05) is 27.2 Å². The molecule has 0 saturated heterocycles. The number of hydrogen-bond acceptors (Lipinski definition) is 3. The summed E-state index contributed by atoms with van der Waals surface area (Å²) in [5.74, 6) is 0. The second-order valence-electron chi connectivity index (χ2n) is 4.64. The van der Waals surface area contributed by atoms with Gasteiger partial charge in [0.25, 0.3) is 10.2 Å². The molecule has 0 bridgehead atoms. The van der Waals surface area contributed by atoms with Gasteiger partial charge >= 0.3 is 0 Å². The zero-order valence-corrected chi connectivity index (χ0v) is 11.1. The highest BCUT2D eigenvalue weighted by atomic mass is 32.2. The molecule has 0 rings (SSSR count). The Morgan fingerprint density at radius 2 is 1.80 bits per heavy atom. The Bertz CT molecular complexity index is 270. The maximum absolute atomic E-state index is 11.7. The van der Waals surface area contributed by atoms with Crippen molar-refractivity contribution in [3.8, 4) is 0 Å². The molecule has 0 amide bonds. The van der Waals surface area contributed by atoms with Crippen LogP contribution >= 0.6 is 0 Å². The molecule has 0 aromatic carbocycles. The van der Waals surface area contributed by atoms with E-state index in [0.717, 1.165) is 13.0 Å². The summed E-state index contributed by atoms with van der Waals surface area (Å²) in [5.41, 5.74) is -0.434.